The van der Waals surface area contributed by atoms with Crippen LogP contribution in [-0.2, 0) is 16.6 Å². The molecular formula is C16H27N3OS. The Bertz CT molecular complexity index is 448. The van der Waals surface area contributed by atoms with E-state index in [1.54, 1.807) is 0 Å². The van der Waals surface area contributed by atoms with Crippen molar-refractivity contribution in [3.8, 4) is 0 Å². The highest BCUT2D eigenvalue weighted by atomic mass is 32.2. The normalized spacial score (nSPS) is 14.5. The van der Waals surface area contributed by atoms with E-state index in [1.165, 1.54) is 0 Å². The fourth-order valence-electron chi connectivity index (χ4n) is 1.75. The van der Waals surface area contributed by atoms with E-state index in [0.717, 1.165) is 24.5 Å². The van der Waals surface area contributed by atoms with E-state index < -0.39 is 10.8 Å². The van der Waals surface area contributed by atoms with E-state index in [-0.39, 0.29) is 0 Å². The lowest BCUT2D eigenvalue weighted by atomic mass is 10.2. The predicted molar refractivity (Wildman–Crippen MR) is 92.0 cm³/mol. The number of nitrogens with one attached hydrogen (secondary N) is 2. The van der Waals surface area contributed by atoms with Gasteiger partial charge in [-0.1, -0.05) is 37.3 Å². The third-order valence-corrected chi connectivity index (χ3v) is 4.39. The van der Waals surface area contributed by atoms with Gasteiger partial charge < -0.3 is 10.6 Å². The van der Waals surface area contributed by atoms with E-state index in [4.69, 9.17) is 0 Å². The second-order valence-corrected chi connectivity index (χ2v) is 6.56. The van der Waals surface area contributed by atoms with Crippen LogP contribution in [-0.4, -0.2) is 35.1 Å². The Morgan fingerprint density at radius 2 is 2.00 bits per heavy atom. The smallest absolute Gasteiger partial charge is 0.191 e. The van der Waals surface area contributed by atoms with E-state index in [2.05, 4.69) is 29.5 Å². The lowest BCUT2D eigenvalue weighted by Crippen LogP contribution is -2.42. The fourth-order valence-corrected chi connectivity index (χ4v) is 2.75. The zero-order chi connectivity index (χ0) is 15.5. The minimum atomic E-state index is -0.868. The topological polar surface area (TPSA) is 53.5 Å². The largest absolute Gasteiger partial charge is 0.357 e. The fraction of sp³-hybridized carbons (Fsp3) is 0.562. The number of aliphatic imine (C=N–C) groups is 1. The first-order valence-corrected chi connectivity index (χ1v) is 9.08. The molecule has 0 saturated heterocycles. The average molecular weight is 309 g/mol. The summed E-state index contributed by atoms with van der Waals surface area (Å²) in [6.07, 6.45) is 1.05. The van der Waals surface area contributed by atoms with Crippen molar-refractivity contribution in [1.82, 2.24) is 10.6 Å². The van der Waals surface area contributed by atoms with Gasteiger partial charge in [-0.15, -0.1) is 0 Å². The minimum Gasteiger partial charge on any atom is -0.357 e. The SMILES string of the molecule is CCNC(=NCCS(=O)Cc1ccccc1)NC(C)CC. The second kappa shape index (κ2) is 10.4. The number of benzene rings is 1. The van der Waals surface area contributed by atoms with Gasteiger partial charge in [-0.25, -0.2) is 0 Å². The molecule has 4 nitrogen and oxygen atoms in total. The molecule has 0 bridgehead atoms. The molecule has 0 saturated carbocycles. The van der Waals surface area contributed by atoms with Crippen molar-refractivity contribution in [1.29, 1.82) is 0 Å². The van der Waals surface area contributed by atoms with Crippen LogP contribution in [0.15, 0.2) is 35.3 Å². The molecule has 2 atom stereocenters. The van der Waals surface area contributed by atoms with Crippen molar-refractivity contribution in [3.63, 3.8) is 0 Å². The maximum atomic E-state index is 12.0. The molecule has 21 heavy (non-hydrogen) atoms. The first-order chi connectivity index (χ1) is 10.2. The van der Waals surface area contributed by atoms with Crippen LogP contribution >= 0.6 is 0 Å². The van der Waals surface area contributed by atoms with Gasteiger partial charge in [0.2, 0.25) is 0 Å². The Morgan fingerprint density at radius 1 is 1.29 bits per heavy atom. The molecule has 0 aliphatic carbocycles. The minimum absolute atomic E-state index is 0.387. The Labute approximate surface area is 130 Å². The second-order valence-electron chi connectivity index (χ2n) is 4.99. The van der Waals surface area contributed by atoms with Crippen molar-refractivity contribution in [2.24, 2.45) is 4.99 Å². The van der Waals surface area contributed by atoms with Crippen LogP contribution in [0.3, 0.4) is 0 Å². The number of rotatable bonds is 8. The average Bonchev–Trinajstić information content (AvgIpc) is 2.48. The summed E-state index contributed by atoms with van der Waals surface area (Å²) in [5.74, 6) is 2.00. The first-order valence-electron chi connectivity index (χ1n) is 7.59. The van der Waals surface area contributed by atoms with Gasteiger partial charge in [0.15, 0.2) is 5.96 Å². The Kier molecular flexibility index (Phi) is 8.74. The van der Waals surface area contributed by atoms with E-state index in [9.17, 15) is 4.21 Å². The third kappa shape index (κ3) is 7.85. The van der Waals surface area contributed by atoms with Crippen LogP contribution in [0.25, 0.3) is 0 Å². The Hall–Kier alpha value is -1.36. The van der Waals surface area contributed by atoms with Crippen molar-refractivity contribution in [3.05, 3.63) is 35.9 Å². The van der Waals surface area contributed by atoms with Crippen LogP contribution in [0.5, 0.6) is 0 Å². The highest BCUT2D eigenvalue weighted by molar-refractivity contribution is 7.84. The van der Waals surface area contributed by atoms with Crippen molar-refractivity contribution >= 4 is 16.8 Å². The van der Waals surface area contributed by atoms with Gasteiger partial charge in [0, 0.05) is 34.9 Å². The molecule has 2 unspecified atom stereocenters. The third-order valence-electron chi connectivity index (χ3n) is 3.10. The van der Waals surface area contributed by atoms with Gasteiger partial charge in [-0.3, -0.25) is 9.20 Å². The summed E-state index contributed by atoms with van der Waals surface area (Å²) < 4.78 is 12.0. The molecule has 5 heteroatoms. The monoisotopic (exact) mass is 309 g/mol. The molecule has 0 amide bonds. The zero-order valence-corrected chi connectivity index (χ0v) is 14.1. The molecule has 118 valence electrons. The molecule has 0 aliphatic rings. The van der Waals surface area contributed by atoms with Crippen molar-refractivity contribution in [2.45, 2.75) is 39.0 Å². The molecule has 0 spiro atoms. The van der Waals surface area contributed by atoms with Gasteiger partial charge in [-0.2, -0.15) is 0 Å². The molecule has 0 heterocycles. The molecule has 0 aliphatic heterocycles. The zero-order valence-electron chi connectivity index (χ0n) is 13.3. The van der Waals surface area contributed by atoms with Gasteiger partial charge >= 0.3 is 0 Å². The van der Waals surface area contributed by atoms with E-state index >= 15 is 0 Å². The van der Waals surface area contributed by atoms with Crippen molar-refractivity contribution in [2.75, 3.05) is 18.8 Å². The molecule has 2 N–H and O–H groups in total. The Morgan fingerprint density at radius 3 is 2.62 bits per heavy atom. The van der Waals surface area contributed by atoms with Crippen LogP contribution in [0, 0.1) is 0 Å². The maximum Gasteiger partial charge on any atom is 0.191 e. The van der Waals surface area contributed by atoms with Gasteiger partial charge in [0.1, 0.15) is 0 Å². The van der Waals surface area contributed by atoms with Gasteiger partial charge in [-0.05, 0) is 25.8 Å². The standard InChI is InChI=1S/C16H27N3OS/c1-4-14(3)19-16(17-5-2)18-11-12-21(20)13-15-9-7-6-8-10-15/h6-10,14H,4-5,11-13H2,1-3H3,(H2,17,18,19). The van der Waals surface area contributed by atoms with Crippen LogP contribution in [0.2, 0.25) is 0 Å². The van der Waals surface area contributed by atoms with Crippen molar-refractivity contribution < 1.29 is 4.21 Å². The molecule has 1 aromatic rings. The van der Waals surface area contributed by atoms with Gasteiger partial charge in [0.25, 0.3) is 0 Å². The summed E-state index contributed by atoms with van der Waals surface area (Å²) in [4.78, 5) is 4.48. The molecule has 0 radical (unpaired) electrons. The summed E-state index contributed by atoms with van der Waals surface area (Å²) >= 11 is 0. The maximum absolute atomic E-state index is 12.0. The number of hydrogen-bond donors (Lipinski definition) is 2. The van der Waals surface area contributed by atoms with E-state index in [1.807, 2.05) is 37.3 Å². The molecule has 1 rings (SSSR count). The molecule has 1 aromatic carbocycles. The summed E-state index contributed by atoms with van der Waals surface area (Å²) in [6.45, 7) is 7.71. The van der Waals surface area contributed by atoms with Crippen LogP contribution in [0.4, 0.5) is 0 Å². The molecular weight excluding hydrogens is 282 g/mol. The summed E-state index contributed by atoms with van der Waals surface area (Å²) in [6, 6.07) is 10.3. The molecule has 0 aromatic heterocycles. The number of guanidine groups is 1. The molecule has 0 fully saturated rings. The predicted octanol–water partition coefficient (Wildman–Crippen LogP) is 2.29. The number of hydrogen-bond acceptors (Lipinski definition) is 2. The summed E-state index contributed by atoms with van der Waals surface area (Å²) in [5.41, 5.74) is 1.12. The Balaban J connectivity index is 2.40. The summed E-state index contributed by atoms with van der Waals surface area (Å²) in [7, 11) is -0.868. The lowest BCUT2D eigenvalue weighted by Gasteiger charge is -2.16. The summed E-state index contributed by atoms with van der Waals surface area (Å²) in [5, 5.41) is 6.54. The lowest BCUT2D eigenvalue weighted by molar-refractivity contribution is 0.625. The highest BCUT2D eigenvalue weighted by Gasteiger charge is 2.04. The van der Waals surface area contributed by atoms with E-state index in [0.29, 0.717) is 24.1 Å². The number of nitrogens with zero attached hydrogens (tertiary/aromatic N) is 1. The first kappa shape index (κ1) is 17.7. The highest BCUT2D eigenvalue weighted by Crippen LogP contribution is 2.02. The van der Waals surface area contributed by atoms with Crippen LogP contribution in [0.1, 0.15) is 32.8 Å². The van der Waals surface area contributed by atoms with Crippen LogP contribution < -0.4 is 10.6 Å². The quantitative estimate of drug-likeness (QED) is 0.572. The van der Waals surface area contributed by atoms with Gasteiger partial charge in [0.05, 0.1) is 6.54 Å².